The molecule has 2 aromatic heterocycles. The first-order valence-corrected chi connectivity index (χ1v) is 10.9. The van der Waals surface area contributed by atoms with Crippen molar-refractivity contribution in [1.29, 1.82) is 0 Å². The summed E-state index contributed by atoms with van der Waals surface area (Å²) >= 11 is 1.37. The van der Waals surface area contributed by atoms with Gasteiger partial charge in [-0.25, -0.2) is 0 Å². The van der Waals surface area contributed by atoms with Crippen LogP contribution in [0.15, 0.2) is 62.7 Å². The Morgan fingerprint density at radius 2 is 1.60 bits per heavy atom. The highest BCUT2D eigenvalue weighted by Gasteiger charge is 2.13. The number of aryl methyl sites for hydroxylation is 1. The number of rotatable bonds is 8. The summed E-state index contributed by atoms with van der Waals surface area (Å²) in [5, 5.41) is 12.8. The minimum Gasteiger partial charge on any atom is -0.411 e. The van der Waals surface area contributed by atoms with E-state index >= 15 is 0 Å². The predicted octanol–water partition coefficient (Wildman–Crippen LogP) is 5.23. The molecule has 4 aromatic rings. The summed E-state index contributed by atoms with van der Waals surface area (Å²) in [4.78, 5) is 6.73. The second-order valence-corrected chi connectivity index (χ2v) is 7.69. The van der Waals surface area contributed by atoms with E-state index in [-0.39, 0.29) is 0 Å². The van der Waals surface area contributed by atoms with E-state index in [0.29, 0.717) is 28.6 Å². The summed E-state index contributed by atoms with van der Waals surface area (Å²) in [5.74, 6) is 2.04. The molecule has 154 valence electrons. The van der Waals surface area contributed by atoms with Crippen LogP contribution in [0.5, 0.6) is 0 Å². The Hall–Kier alpha value is -3.13. The minimum atomic E-state index is 0.460. The quantitative estimate of drug-likeness (QED) is 0.358. The second-order valence-electron chi connectivity index (χ2n) is 6.76. The zero-order valence-electron chi connectivity index (χ0n) is 17.2. The van der Waals surface area contributed by atoms with Crippen LogP contribution in [0.25, 0.3) is 22.8 Å². The Morgan fingerprint density at radius 1 is 0.900 bits per heavy atom. The molecule has 0 amide bonds. The van der Waals surface area contributed by atoms with Gasteiger partial charge in [-0.2, -0.15) is 4.98 Å². The Labute approximate surface area is 179 Å². The number of hydrogen-bond acceptors (Lipinski definition) is 8. The molecule has 0 saturated heterocycles. The second kappa shape index (κ2) is 9.13. The van der Waals surface area contributed by atoms with Gasteiger partial charge in [-0.1, -0.05) is 46.7 Å². The van der Waals surface area contributed by atoms with Crippen molar-refractivity contribution in [3.05, 3.63) is 60.0 Å². The van der Waals surface area contributed by atoms with E-state index in [0.717, 1.165) is 24.2 Å². The number of hydrogen-bond donors (Lipinski definition) is 0. The van der Waals surface area contributed by atoms with Gasteiger partial charge in [0.2, 0.25) is 17.6 Å². The van der Waals surface area contributed by atoms with Crippen molar-refractivity contribution in [2.45, 2.75) is 31.7 Å². The Morgan fingerprint density at radius 3 is 2.30 bits per heavy atom. The van der Waals surface area contributed by atoms with Crippen molar-refractivity contribution >= 4 is 17.4 Å². The third-order valence-electron chi connectivity index (χ3n) is 4.75. The first-order valence-electron chi connectivity index (χ1n) is 9.87. The maximum Gasteiger partial charge on any atom is 0.277 e. The molecule has 0 unspecified atom stereocenters. The lowest BCUT2D eigenvalue weighted by molar-refractivity contribution is 0.391. The van der Waals surface area contributed by atoms with E-state index in [9.17, 15) is 0 Å². The van der Waals surface area contributed by atoms with Crippen LogP contribution in [-0.4, -0.2) is 33.4 Å². The van der Waals surface area contributed by atoms with Gasteiger partial charge in [-0.15, -0.1) is 10.2 Å². The Balaban J connectivity index is 1.39. The fraction of sp³-hybridized carbons (Fsp3) is 0.273. The van der Waals surface area contributed by atoms with Crippen LogP contribution in [0.3, 0.4) is 0 Å². The lowest BCUT2D eigenvalue weighted by Crippen LogP contribution is -2.21. The molecule has 0 radical (unpaired) electrons. The predicted molar refractivity (Wildman–Crippen MR) is 117 cm³/mol. The molecule has 0 saturated carbocycles. The van der Waals surface area contributed by atoms with Gasteiger partial charge >= 0.3 is 0 Å². The summed E-state index contributed by atoms with van der Waals surface area (Å²) in [6, 6.07) is 16.2. The maximum atomic E-state index is 5.79. The van der Waals surface area contributed by atoms with Crippen molar-refractivity contribution in [3.63, 3.8) is 0 Å². The van der Waals surface area contributed by atoms with Gasteiger partial charge in [-0.05, 0) is 45.0 Å². The van der Waals surface area contributed by atoms with Gasteiger partial charge in [0.15, 0.2) is 0 Å². The zero-order valence-corrected chi connectivity index (χ0v) is 18.0. The molecule has 8 heteroatoms. The molecule has 7 nitrogen and oxygen atoms in total. The maximum absolute atomic E-state index is 5.79. The van der Waals surface area contributed by atoms with Gasteiger partial charge in [0.05, 0.1) is 5.75 Å². The summed E-state index contributed by atoms with van der Waals surface area (Å²) in [6.07, 6.45) is 0. The van der Waals surface area contributed by atoms with E-state index in [2.05, 4.69) is 51.2 Å². The fourth-order valence-electron chi connectivity index (χ4n) is 3.05. The molecular weight excluding hydrogens is 398 g/mol. The van der Waals surface area contributed by atoms with Crippen molar-refractivity contribution < 1.29 is 8.94 Å². The van der Waals surface area contributed by atoms with Gasteiger partial charge < -0.3 is 13.8 Å². The van der Waals surface area contributed by atoms with E-state index in [1.807, 2.05) is 43.3 Å². The first-order chi connectivity index (χ1) is 14.7. The minimum absolute atomic E-state index is 0.460. The van der Waals surface area contributed by atoms with Crippen LogP contribution in [0.4, 0.5) is 5.69 Å². The molecule has 0 N–H and O–H groups in total. The van der Waals surface area contributed by atoms with E-state index in [4.69, 9.17) is 8.94 Å². The molecule has 0 aliphatic carbocycles. The van der Waals surface area contributed by atoms with Crippen molar-refractivity contribution in [2.24, 2.45) is 0 Å². The van der Waals surface area contributed by atoms with Crippen molar-refractivity contribution in [2.75, 3.05) is 18.0 Å². The molecule has 2 aromatic carbocycles. The van der Waals surface area contributed by atoms with Crippen molar-refractivity contribution in [1.82, 2.24) is 20.3 Å². The van der Waals surface area contributed by atoms with Crippen LogP contribution < -0.4 is 4.90 Å². The SMILES string of the molecule is CCN(CC)c1ccc(-c2nnc(SCc3nc(-c4ccc(C)cc4)no3)o2)cc1. The van der Waals surface area contributed by atoms with E-state index < -0.39 is 0 Å². The molecule has 0 aliphatic rings. The van der Waals surface area contributed by atoms with E-state index in [1.165, 1.54) is 23.0 Å². The monoisotopic (exact) mass is 421 g/mol. The zero-order chi connectivity index (χ0) is 20.9. The van der Waals surface area contributed by atoms with Crippen LogP contribution in [-0.2, 0) is 5.75 Å². The molecule has 0 atom stereocenters. The summed E-state index contributed by atoms with van der Waals surface area (Å²) in [7, 11) is 0. The lowest BCUT2D eigenvalue weighted by atomic mass is 10.1. The number of anilines is 1. The van der Waals surface area contributed by atoms with Gasteiger partial charge in [0.1, 0.15) is 0 Å². The largest absolute Gasteiger partial charge is 0.411 e. The Bertz CT molecular complexity index is 1090. The number of aromatic nitrogens is 4. The normalized spacial score (nSPS) is 11.0. The van der Waals surface area contributed by atoms with Crippen LogP contribution in [0.2, 0.25) is 0 Å². The van der Waals surface area contributed by atoms with Crippen LogP contribution in [0.1, 0.15) is 25.3 Å². The molecule has 0 bridgehead atoms. The summed E-state index contributed by atoms with van der Waals surface area (Å²) in [5.41, 5.74) is 4.19. The average Bonchev–Trinajstić information content (AvgIpc) is 3.44. The van der Waals surface area contributed by atoms with Gasteiger partial charge in [0.25, 0.3) is 5.22 Å². The lowest BCUT2D eigenvalue weighted by Gasteiger charge is -2.20. The van der Waals surface area contributed by atoms with Crippen molar-refractivity contribution in [3.8, 4) is 22.8 Å². The van der Waals surface area contributed by atoms with Gasteiger partial charge in [-0.3, -0.25) is 0 Å². The molecule has 4 rings (SSSR count). The third-order valence-corrected chi connectivity index (χ3v) is 5.55. The Kier molecular flexibility index (Phi) is 6.13. The molecule has 0 fully saturated rings. The van der Waals surface area contributed by atoms with Crippen LogP contribution >= 0.6 is 11.8 Å². The topological polar surface area (TPSA) is 81.1 Å². The highest BCUT2D eigenvalue weighted by Crippen LogP contribution is 2.27. The number of thioether (sulfide) groups is 1. The third kappa shape index (κ3) is 4.54. The number of benzene rings is 2. The molecule has 2 heterocycles. The van der Waals surface area contributed by atoms with Gasteiger partial charge in [0, 0.05) is 29.9 Å². The average molecular weight is 422 g/mol. The fourth-order valence-corrected chi connectivity index (χ4v) is 3.65. The smallest absolute Gasteiger partial charge is 0.277 e. The molecular formula is C22H23N5O2S. The molecule has 0 spiro atoms. The molecule has 30 heavy (non-hydrogen) atoms. The standard InChI is InChI=1S/C22H23N5O2S/c1-4-27(5-2)18-12-10-17(11-13-18)21-24-25-22(28-21)30-14-19-23-20(26-29-19)16-8-6-15(3)7-9-16/h6-13H,4-5,14H2,1-3H3. The summed E-state index contributed by atoms with van der Waals surface area (Å²) < 4.78 is 11.1. The first kappa shape index (κ1) is 20.2. The van der Waals surface area contributed by atoms with E-state index in [1.54, 1.807) is 0 Å². The highest BCUT2D eigenvalue weighted by molar-refractivity contribution is 7.98. The number of nitrogens with zero attached hydrogens (tertiary/aromatic N) is 5. The molecule has 0 aliphatic heterocycles. The summed E-state index contributed by atoms with van der Waals surface area (Å²) in [6.45, 7) is 8.27. The van der Waals surface area contributed by atoms with Crippen LogP contribution in [0, 0.1) is 6.92 Å². The highest BCUT2D eigenvalue weighted by atomic mass is 32.2.